The van der Waals surface area contributed by atoms with Crippen molar-refractivity contribution in [3.63, 3.8) is 0 Å². The summed E-state index contributed by atoms with van der Waals surface area (Å²) in [6.45, 7) is 9.41. The Morgan fingerprint density at radius 3 is 1.86 bits per heavy atom. The lowest BCUT2D eigenvalue weighted by Crippen LogP contribution is -2.26. The van der Waals surface area contributed by atoms with Crippen LogP contribution < -0.4 is 0 Å². The Morgan fingerprint density at radius 1 is 0.955 bits per heavy atom. The molecule has 0 aliphatic heterocycles. The molecule has 0 unspecified atom stereocenters. The van der Waals surface area contributed by atoms with Crippen LogP contribution >= 0.6 is 0 Å². The van der Waals surface area contributed by atoms with E-state index in [1.807, 2.05) is 0 Å². The van der Waals surface area contributed by atoms with Crippen LogP contribution in [0.25, 0.3) is 0 Å². The van der Waals surface area contributed by atoms with Gasteiger partial charge in [-0.15, -0.1) is 0 Å². The third-order valence-corrected chi connectivity index (χ3v) is 4.43. The van der Waals surface area contributed by atoms with Crippen molar-refractivity contribution in [1.82, 2.24) is 14.9 Å². The van der Waals surface area contributed by atoms with Gasteiger partial charge in [-0.05, 0) is 56.4 Å². The number of pyridine rings is 2. The monoisotopic (exact) mass is 295 g/mol. The van der Waals surface area contributed by atoms with E-state index in [9.17, 15) is 0 Å². The van der Waals surface area contributed by atoms with Crippen LogP contribution in [0.1, 0.15) is 36.1 Å². The molecule has 0 radical (unpaired) electrons. The maximum absolute atomic E-state index is 4.66. The predicted octanol–water partition coefficient (Wildman–Crippen LogP) is 3.75. The molecule has 1 saturated carbocycles. The fourth-order valence-corrected chi connectivity index (χ4v) is 3.00. The Hall–Kier alpha value is -1.74. The van der Waals surface area contributed by atoms with Crippen molar-refractivity contribution < 1.29 is 0 Å². The molecule has 3 rings (SSSR count). The van der Waals surface area contributed by atoms with Gasteiger partial charge in [-0.3, -0.25) is 14.9 Å². The average Bonchev–Trinajstić information content (AvgIpc) is 3.14. The summed E-state index contributed by atoms with van der Waals surface area (Å²) in [5, 5.41) is 0. The smallest absolute Gasteiger partial charge is 0.0547 e. The maximum atomic E-state index is 4.66. The summed E-state index contributed by atoms with van der Waals surface area (Å²) in [4.78, 5) is 11.8. The second-order valence-corrected chi connectivity index (χ2v) is 6.68. The molecule has 2 atom stereocenters. The quantitative estimate of drug-likeness (QED) is 0.812. The highest BCUT2D eigenvalue weighted by Gasteiger charge is 2.34. The summed E-state index contributed by atoms with van der Waals surface area (Å²) in [7, 11) is 0. The van der Waals surface area contributed by atoms with Crippen molar-refractivity contribution >= 4 is 0 Å². The number of aromatic nitrogens is 2. The first kappa shape index (κ1) is 15.2. The fourth-order valence-electron chi connectivity index (χ4n) is 3.00. The summed E-state index contributed by atoms with van der Waals surface area (Å²) in [5.74, 6) is 1.72. The molecule has 0 aromatic carbocycles. The molecule has 1 aliphatic rings. The van der Waals surface area contributed by atoms with Gasteiger partial charge in [0.25, 0.3) is 0 Å². The van der Waals surface area contributed by atoms with Crippen molar-refractivity contribution in [3.8, 4) is 0 Å². The van der Waals surface area contributed by atoms with Gasteiger partial charge in [0.05, 0.1) is 11.4 Å². The summed E-state index contributed by atoms with van der Waals surface area (Å²) in [5.41, 5.74) is 4.48. The molecule has 0 bridgehead atoms. The number of aryl methyl sites for hydroxylation is 2. The minimum absolute atomic E-state index is 0.842. The lowest BCUT2D eigenvalue weighted by Gasteiger charge is -2.22. The van der Waals surface area contributed by atoms with Gasteiger partial charge in [-0.2, -0.15) is 0 Å². The van der Waals surface area contributed by atoms with Gasteiger partial charge in [0, 0.05) is 31.0 Å². The van der Waals surface area contributed by atoms with Crippen LogP contribution in [0.15, 0.2) is 36.4 Å². The molecular weight excluding hydrogens is 270 g/mol. The zero-order valence-corrected chi connectivity index (χ0v) is 13.8. The van der Waals surface area contributed by atoms with Crippen LogP contribution in [0.4, 0.5) is 0 Å². The fraction of sp³-hybridized carbons (Fsp3) is 0.474. The van der Waals surface area contributed by atoms with Crippen LogP contribution in [0, 0.1) is 25.7 Å². The summed E-state index contributed by atoms with van der Waals surface area (Å²) >= 11 is 0. The van der Waals surface area contributed by atoms with E-state index < -0.39 is 0 Å². The molecule has 1 fully saturated rings. The van der Waals surface area contributed by atoms with Crippen LogP contribution in [-0.2, 0) is 13.1 Å². The topological polar surface area (TPSA) is 29.0 Å². The molecule has 116 valence electrons. The molecular formula is C19H25N3. The van der Waals surface area contributed by atoms with E-state index in [0.717, 1.165) is 54.2 Å². The minimum Gasteiger partial charge on any atom is -0.291 e. The van der Waals surface area contributed by atoms with Crippen LogP contribution in [-0.4, -0.2) is 21.4 Å². The molecule has 0 N–H and O–H groups in total. The highest BCUT2D eigenvalue weighted by molar-refractivity contribution is 5.12. The van der Waals surface area contributed by atoms with Gasteiger partial charge >= 0.3 is 0 Å². The SMILES string of the molecule is Cc1cccc(CN(Cc2cccc(C)n2)C[C@@H]2C[C@H]2C)n1. The van der Waals surface area contributed by atoms with E-state index in [1.54, 1.807) is 0 Å². The van der Waals surface area contributed by atoms with Gasteiger partial charge < -0.3 is 0 Å². The Kier molecular flexibility index (Phi) is 4.53. The lowest BCUT2D eigenvalue weighted by molar-refractivity contribution is 0.236. The molecule has 22 heavy (non-hydrogen) atoms. The standard InChI is InChI=1S/C19H25N3/c1-14-10-17(14)11-22(12-18-8-4-6-15(2)20-18)13-19-9-5-7-16(3)21-19/h4-9,14,17H,10-13H2,1-3H3/t14-,17+/m1/s1. The van der Waals surface area contributed by atoms with Crippen LogP contribution in [0.5, 0.6) is 0 Å². The molecule has 0 saturated heterocycles. The van der Waals surface area contributed by atoms with Gasteiger partial charge in [0.15, 0.2) is 0 Å². The Morgan fingerprint density at radius 2 is 1.45 bits per heavy atom. The van der Waals surface area contributed by atoms with Crippen molar-refractivity contribution in [3.05, 3.63) is 59.2 Å². The van der Waals surface area contributed by atoms with Crippen LogP contribution in [0.3, 0.4) is 0 Å². The van der Waals surface area contributed by atoms with Gasteiger partial charge in [-0.1, -0.05) is 19.1 Å². The Balaban J connectivity index is 1.71. The van der Waals surface area contributed by atoms with E-state index in [-0.39, 0.29) is 0 Å². The van der Waals surface area contributed by atoms with Crippen LogP contribution in [0.2, 0.25) is 0 Å². The molecule has 3 heteroatoms. The van der Waals surface area contributed by atoms with Gasteiger partial charge in [0.1, 0.15) is 0 Å². The molecule has 2 heterocycles. The Bertz CT molecular complexity index is 591. The normalized spacial score (nSPS) is 20.4. The third-order valence-electron chi connectivity index (χ3n) is 4.43. The van der Waals surface area contributed by atoms with E-state index >= 15 is 0 Å². The van der Waals surface area contributed by atoms with Crippen molar-refractivity contribution in [2.24, 2.45) is 11.8 Å². The van der Waals surface area contributed by atoms with E-state index in [0.29, 0.717) is 0 Å². The second-order valence-electron chi connectivity index (χ2n) is 6.68. The number of hydrogen-bond donors (Lipinski definition) is 0. The minimum atomic E-state index is 0.842. The van der Waals surface area contributed by atoms with E-state index in [4.69, 9.17) is 0 Å². The highest BCUT2D eigenvalue weighted by Crippen LogP contribution is 2.38. The first-order chi connectivity index (χ1) is 10.6. The molecule has 2 aromatic rings. The summed E-state index contributed by atoms with van der Waals surface area (Å²) in [6.07, 6.45) is 1.36. The third kappa shape index (κ3) is 4.14. The zero-order valence-electron chi connectivity index (χ0n) is 13.8. The average molecular weight is 295 g/mol. The van der Waals surface area contributed by atoms with Crippen molar-refractivity contribution in [2.75, 3.05) is 6.54 Å². The first-order valence-electron chi connectivity index (χ1n) is 8.17. The number of rotatable bonds is 6. The lowest BCUT2D eigenvalue weighted by atomic mass is 10.2. The van der Waals surface area contributed by atoms with E-state index in [1.165, 1.54) is 6.42 Å². The molecule has 0 amide bonds. The number of nitrogens with zero attached hydrogens (tertiary/aromatic N) is 3. The predicted molar refractivity (Wildman–Crippen MR) is 89.3 cm³/mol. The second kappa shape index (κ2) is 6.57. The molecule has 0 spiro atoms. The van der Waals surface area contributed by atoms with Gasteiger partial charge in [0.2, 0.25) is 0 Å². The largest absolute Gasteiger partial charge is 0.291 e. The first-order valence-corrected chi connectivity index (χ1v) is 8.17. The Labute approximate surface area is 133 Å². The highest BCUT2D eigenvalue weighted by atomic mass is 15.1. The van der Waals surface area contributed by atoms with Gasteiger partial charge in [-0.25, -0.2) is 0 Å². The summed E-state index contributed by atoms with van der Waals surface area (Å²) < 4.78 is 0. The number of hydrogen-bond acceptors (Lipinski definition) is 3. The summed E-state index contributed by atoms with van der Waals surface area (Å²) in [6, 6.07) is 12.6. The molecule has 3 nitrogen and oxygen atoms in total. The molecule has 2 aromatic heterocycles. The maximum Gasteiger partial charge on any atom is 0.0547 e. The van der Waals surface area contributed by atoms with E-state index in [2.05, 4.69) is 72.0 Å². The van der Waals surface area contributed by atoms with Crippen molar-refractivity contribution in [2.45, 2.75) is 40.3 Å². The zero-order chi connectivity index (χ0) is 15.5. The van der Waals surface area contributed by atoms with Crippen molar-refractivity contribution in [1.29, 1.82) is 0 Å². The molecule has 1 aliphatic carbocycles.